The molecule has 0 saturated carbocycles. The number of hydrogen-bond donors (Lipinski definition) is 1. The van der Waals surface area contributed by atoms with Crippen LogP contribution >= 0.6 is 0 Å². The molecule has 0 aromatic heterocycles. The Bertz CT molecular complexity index is 388. The van der Waals surface area contributed by atoms with Crippen LogP contribution in [0.25, 0.3) is 0 Å². The maximum atomic E-state index is 4.08. The quantitative estimate of drug-likeness (QED) is 0.655. The molecule has 1 aliphatic heterocycles. The van der Waals surface area contributed by atoms with Crippen molar-refractivity contribution in [3.05, 3.63) is 41.6 Å². The predicted octanol–water partition coefficient (Wildman–Crippen LogP) is 3.50. The van der Waals surface area contributed by atoms with Crippen molar-refractivity contribution in [3.63, 3.8) is 0 Å². The van der Waals surface area contributed by atoms with Crippen LogP contribution in [0.3, 0.4) is 0 Å². The van der Waals surface area contributed by atoms with Crippen LogP contribution in [0.15, 0.2) is 30.5 Å². The van der Waals surface area contributed by atoms with E-state index in [0.29, 0.717) is 0 Å². The van der Waals surface area contributed by atoms with E-state index in [0.717, 1.165) is 12.1 Å². The molecule has 0 fully saturated rings. The van der Waals surface area contributed by atoms with Crippen LogP contribution in [0.5, 0.6) is 0 Å². The van der Waals surface area contributed by atoms with Crippen molar-refractivity contribution in [3.8, 4) is 0 Å². The molecule has 0 radical (unpaired) electrons. The van der Waals surface area contributed by atoms with E-state index in [1.165, 1.54) is 16.8 Å². The van der Waals surface area contributed by atoms with Gasteiger partial charge in [0.15, 0.2) is 0 Å². The summed E-state index contributed by atoms with van der Waals surface area (Å²) in [5, 5.41) is 3.38. The fourth-order valence-electron chi connectivity index (χ4n) is 1.91. The molecular formula is C13H17N. The summed E-state index contributed by atoms with van der Waals surface area (Å²) in [5.41, 5.74) is 5.24. The van der Waals surface area contributed by atoms with Gasteiger partial charge in [-0.1, -0.05) is 38.1 Å². The van der Waals surface area contributed by atoms with E-state index in [1.807, 2.05) is 0 Å². The smallest absolute Gasteiger partial charge is 0.0414 e. The molecule has 74 valence electrons. The summed E-state index contributed by atoms with van der Waals surface area (Å²) in [6.07, 6.45) is 1.08. The fraction of sp³-hybridized carbons (Fsp3) is 0.385. The first-order chi connectivity index (χ1) is 6.49. The second kappa shape index (κ2) is 2.88. The van der Waals surface area contributed by atoms with Crippen molar-refractivity contribution in [2.24, 2.45) is 5.41 Å². The second-order valence-corrected chi connectivity index (χ2v) is 4.82. The van der Waals surface area contributed by atoms with Gasteiger partial charge in [0.05, 0.1) is 0 Å². The van der Waals surface area contributed by atoms with E-state index >= 15 is 0 Å². The Morgan fingerprint density at radius 2 is 2.07 bits per heavy atom. The van der Waals surface area contributed by atoms with Gasteiger partial charge in [0.1, 0.15) is 0 Å². The standard InChI is InChI=1S/C13H17N/c1-9-5-6-12-11(7-9)8-13(3,4)10(2)14-12/h5-7,14H,2,8H2,1,3-4H3. The van der Waals surface area contributed by atoms with Crippen LogP contribution in [0, 0.1) is 12.3 Å². The summed E-state index contributed by atoms with van der Waals surface area (Å²) in [6.45, 7) is 10.7. The van der Waals surface area contributed by atoms with E-state index in [9.17, 15) is 0 Å². The number of nitrogens with one attached hydrogen (secondary N) is 1. The molecule has 1 nitrogen and oxygen atoms in total. The molecule has 0 bridgehead atoms. The van der Waals surface area contributed by atoms with Crippen LogP contribution in [0.1, 0.15) is 25.0 Å². The zero-order valence-corrected chi connectivity index (χ0v) is 9.15. The van der Waals surface area contributed by atoms with Crippen molar-refractivity contribution in [1.29, 1.82) is 0 Å². The van der Waals surface area contributed by atoms with Crippen LogP contribution in [-0.2, 0) is 6.42 Å². The van der Waals surface area contributed by atoms with Gasteiger partial charge in [-0.3, -0.25) is 0 Å². The number of allylic oxidation sites excluding steroid dienone is 1. The molecule has 1 aliphatic rings. The molecule has 0 spiro atoms. The predicted molar refractivity (Wildman–Crippen MR) is 61.4 cm³/mol. The third-order valence-electron chi connectivity index (χ3n) is 3.00. The van der Waals surface area contributed by atoms with E-state index in [2.05, 4.69) is 50.9 Å². The maximum Gasteiger partial charge on any atom is 0.0414 e. The molecule has 0 aliphatic carbocycles. The number of hydrogen-bond acceptors (Lipinski definition) is 1. The lowest BCUT2D eigenvalue weighted by Crippen LogP contribution is -2.27. The number of anilines is 1. The topological polar surface area (TPSA) is 12.0 Å². The van der Waals surface area contributed by atoms with Gasteiger partial charge in [0.2, 0.25) is 0 Å². The average molecular weight is 187 g/mol. The summed E-state index contributed by atoms with van der Waals surface area (Å²) in [6, 6.07) is 6.54. The lowest BCUT2D eigenvalue weighted by atomic mass is 9.79. The summed E-state index contributed by atoms with van der Waals surface area (Å²) in [7, 11) is 0. The van der Waals surface area contributed by atoms with Gasteiger partial charge in [-0.2, -0.15) is 0 Å². The zero-order valence-electron chi connectivity index (χ0n) is 9.15. The van der Waals surface area contributed by atoms with E-state index < -0.39 is 0 Å². The van der Waals surface area contributed by atoms with Gasteiger partial charge < -0.3 is 5.32 Å². The van der Waals surface area contributed by atoms with Crippen molar-refractivity contribution >= 4 is 5.69 Å². The Kier molecular flexibility index (Phi) is 1.91. The summed E-state index contributed by atoms with van der Waals surface area (Å²) in [4.78, 5) is 0. The van der Waals surface area contributed by atoms with Crippen molar-refractivity contribution in [2.75, 3.05) is 5.32 Å². The third-order valence-corrected chi connectivity index (χ3v) is 3.00. The highest BCUT2D eigenvalue weighted by atomic mass is 14.9. The Morgan fingerprint density at radius 3 is 2.79 bits per heavy atom. The lowest BCUT2D eigenvalue weighted by molar-refractivity contribution is 0.439. The Labute approximate surface area is 85.8 Å². The number of aryl methyl sites for hydroxylation is 1. The van der Waals surface area contributed by atoms with Gasteiger partial charge in [0, 0.05) is 16.8 Å². The minimum Gasteiger partial charge on any atom is -0.359 e. The monoisotopic (exact) mass is 187 g/mol. The minimum atomic E-state index is 0.167. The molecule has 0 saturated heterocycles. The van der Waals surface area contributed by atoms with E-state index in [4.69, 9.17) is 0 Å². The number of fused-ring (bicyclic) bond motifs is 1. The first-order valence-corrected chi connectivity index (χ1v) is 5.05. The molecule has 1 heteroatoms. The van der Waals surface area contributed by atoms with Gasteiger partial charge in [-0.15, -0.1) is 0 Å². The molecule has 14 heavy (non-hydrogen) atoms. The maximum absolute atomic E-state index is 4.08. The first kappa shape index (κ1) is 9.32. The van der Waals surface area contributed by atoms with Gasteiger partial charge >= 0.3 is 0 Å². The van der Waals surface area contributed by atoms with Gasteiger partial charge in [-0.05, 0) is 25.0 Å². The molecule has 1 heterocycles. The third kappa shape index (κ3) is 1.43. The number of rotatable bonds is 0. The van der Waals surface area contributed by atoms with Crippen LogP contribution in [-0.4, -0.2) is 0 Å². The molecule has 1 aromatic carbocycles. The molecular weight excluding hydrogens is 170 g/mol. The fourth-order valence-corrected chi connectivity index (χ4v) is 1.91. The van der Waals surface area contributed by atoms with Crippen LogP contribution in [0.2, 0.25) is 0 Å². The average Bonchev–Trinajstić information content (AvgIpc) is 2.07. The molecule has 1 N–H and O–H groups in total. The highest BCUT2D eigenvalue weighted by Gasteiger charge is 2.28. The molecule has 0 unspecified atom stereocenters. The molecule has 2 rings (SSSR count). The minimum absolute atomic E-state index is 0.167. The molecule has 1 aromatic rings. The van der Waals surface area contributed by atoms with Crippen molar-refractivity contribution < 1.29 is 0 Å². The zero-order chi connectivity index (χ0) is 10.3. The Morgan fingerprint density at radius 1 is 1.36 bits per heavy atom. The summed E-state index contributed by atoms with van der Waals surface area (Å²) in [5.74, 6) is 0. The van der Waals surface area contributed by atoms with Crippen molar-refractivity contribution in [1.82, 2.24) is 0 Å². The van der Waals surface area contributed by atoms with Crippen LogP contribution in [0.4, 0.5) is 5.69 Å². The van der Waals surface area contributed by atoms with Crippen LogP contribution < -0.4 is 5.32 Å². The van der Waals surface area contributed by atoms with Gasteiger partial charge in [-0.25, -0.2) is 0 Å². The SMILES string of the molecule is C=C1Nc2ccc(C)cc2CC1(C)C. The lowest BCUT2D eigenvalue weighted by Gasteiger charge is -2.34. The van der Waals surface area contributed by atoms with Gasteiger partial charge in [0.25, 0.3) is 0 Å². The Hall–Kier alpha value is -1.24. The molecule has 0 amide bonds. The van der Waals surface area contributed by atoms with Crippen molar-refractivity contribution in [2.45, 2.75) is 27.2 Å². The van der Waals surface area contributed by atoms with E-state index in [1.54, 1.807) is 0 Å². The first-order valence-electron chi connectivity index (χ1n) is 5.05. The second-order valence-electron chi connectivity index (χ2n) is 4.82. The summed E-state index contributed by atoms with van der Waals surface area (Å²) < 4.78 is 0. The molecule has 0 atom stereocenters. The highest BCUT2D eigenvalue weighted by Crippen LogP contribution is 2.38. The summed E-state index contributed by atoms with van der Waals surface area (Å²) >= 11 is 0. The normalized spacial score (nSPS) is 18.6. The van der Waals surface area contributed by atoms with E-state index in [-0.39, 0.29) is 5.41 Å². The number of benzene rings is 1. The largest absolute Gasteiger partial charge is 0.359 e. The highest BCUT2D eigenvalue weighted by molar-refractivity contribution is 5.60. The Balaban J connectivity index is 2.46.